The molecule has 4 rings (SSSR count). The summed E-state index contributed by atoms with van der Waals surface area (Å²) < 4.78 is 28.1. The van der Waals surface area contributed by atoms with Gasteiger partial charge in [-0.05, 0) is 35.6 Å². The van der Waals surface area contributed by atoms with E-state index >= 15 is 0 Å². The molecule has 11 heteroatoms. The van der Waals surface area contributed by atoms with E-state index in [2.05, 4.69) is 11.4 Å². The third-order valence-electron chi connectivity index (χ3n) is 7.19. The normalized spacial score (nSPS) is 20.7. The number of halogens is 2. The highest BCUT2D eigenvalue weighted by atomic mass is 19.1. The van der Waals surface area contributed by atoms with Crippen molar-refractivity contribution in [1.82, 2.24) is 9.80 Å². The molecule has 2 N–H and O–H groups in total. The molecule has 3 atom stereocenters. The molecular weight excluding hydrogens is 508 g/mol. The number of carbonyl (C=O) groups is 4. The molecule has 2 aliphatic heterocycles. The van der Waals surface area contributed by atoms with Crippen molar-refractivity contribution >= 4 is 35.0 Å². The Labute approximate surface area is 224 Å². The molecule has 2 heterocycles. The SMILES string of the molecule is CN(C(=O)C(=O)Nc1c(F)cccc1F)[C@@H](CC(C)(C)C)C(=O)N1CC2(C[C@H]1C#N)C(=O)Nc1ccccc12. The number of hydrogen-bond acceptors (Lipinski definition) is 5. The van der Waals surface area contributed by atoms with Gasteiger partial charge in [0.15, 0.2) is 0 Å². The number of para-hydroxylation sites is 2. The van der Waals surface area contributed by atoms with Gasteiger partial charge in [-0.1, -0.05) is 45.0 Å². The van der Waals surface area contributed by atoms with Crippen LogP contribution in [0.2, 0.25) is 0 Å². The van der Waals surface area contributed by atoms with Gasteiger partial charge in [-0.2, -0.15) is 5.26 Å². The number of benzene rings is 2. The lowest BCUT2D eigenvalue weighted by molar-refractivity contribution is -0.150. The highest BCUT2D eigenvalue weighted by Gasteiger charge is 2.57. The van der Waals surface area contributed by atoms with Crippen LogP contribution in [-0.4, -0.2) is 59.1 Å². The number of nitrogens with zero attached hydrogens (tertiary/aromatic N) is 3. The molecule has 0 aliphatic carbocycles. The maximum Gasteiger partial charge on any atom is 0.314 e. The van der Waals surface area contributed by atoms with Crippen molar-refractivity contribution in [3.63, 3.8) is 0 Å². The summed E-state index contributed by atoms with van der Waals surface area (Å²) in [5.74, 6) is -5.56. The van der Waals surface area contributed by atoms with Gasteiger partial charge < -0.3 is 20.4 Å². The Hall–Kier alpha value is -4.33. The summed E-state index contributed by atoms with van der Waals surface area (Å²) in [6, 6.07) is 10.0. The lowest BCUT2D eigenvalue weighted by atomic mass is 9.80. The topological polar surface area (TPSA) is 123 Å². The third-order valence-corrected chi connectivity index (χ3v) is 7.19. The zero-order chi connectivity index (χ0) is 28.7. The molecule has 4 amide bonds. The van der Waals surface area contributed by atoms with Crippen molar-refractivity contribution in [3.05, 3.63) is 59.7 Å². The number of carbonyl (C=O) groups excluding carboxylic acids is 4. The van der Waals surface area contributed by atoms with Gasteiger partial charge in [-0.15, -0.1) is 0 Å². The molecule has 0 bridgehead atoms. The first-order valence-electron chi connectivity index (χ1n) is 12.4. The van der Waals surface area contributed by atoms with Crippen LogP contribution in [0.25, 0.3) is 0 Å². The van der Waals surface area contributed by atoms with E-state index in [9.17, 15) is 33.2 Å². The van der Waals surface area contributed by atoms with Crippen LogP contribution in [0.3, 0.4) is 0 Å². The number of anilines is 2. The van der Waals surface area contributed by atoms with Crippen LogP contribution in [0.4, 0.5) is 20.2 Å². The smallest absolute Gasteiger partial charge is 0.314 e. The van der Waals surface area contributed by atoms with Crippen LogP contribution < -0.4 is 10.6 Å². The summed E-state index contributed by atoms with van der Waals surface area (Å²) in [6.07, 6.45) is 0.185. The maximum atomic E-state index is 14.0. The Bertz CT molecular complexity index is 1380. The summed E-state index contributed by atoms with van der Waals surface area (Å²) in [4.78, 5) is 55.1. The lowest BCUT2D eigenvalue weighted by Crippen LogP contribution is -2.54. The molecule has 204 valence electrons. The van der Waals surface area contributed by atoms with Crippen molar-refractivity contribution < 1.29 is 28.0 Å². The summed E-state index contributed by atoms with van der Waals surface area (Å²) in [7, 11) is 1.25. The maximum absolute atomic E-state index is 14.0. The van der Waals surface area contributed by atoms with Gasteiger partial charge in [-0.3, -0.25) is 19.2 Å². The summed E-state index contributed by atoms with van der Waals surface area (Å²) in [5, 5.41) is 14.7. The van der Waals surface area contributed by atoms with Crippen LogP contribution in [0, 0.1) is 28.4 Å². The lowest BCUT2D eigenvalue weighted by Gasteiger charge is -2.35. The van der Waals surface area contributed by atoms with E-state index in [0.29, 0.717) is 11.3 Å². The van der Waals surface area contributed by atoms with Crippen molar-refractivity contribution in [2.45, 2.75) is 51.1 Å². The summed E-state index contributed by atoms with van der Waals surface area (Å²) in [5.41, 5.74) is -1.10. The minimum Gasteiger partial charge on any atom is -0.325 e. The van der Waals surface area contributed by atoms with Gasteiger partial charge >= 0.3 is 11.8 Å². The number of likely N-dealkylation sites (tertiary alicyclic amines) is 1. The molecule has 39 heavy (non-hydrogen) atoms. The Kier molecular flexibility index (Phi) is 7.17. The molecular formula is C28H29F2N5O4. The molecule has 1 spiro atoms. The first-order chi connectivity index (χ1) is 18.3. The second-order valence-electron chi connectivity index (χ2n) is 11.1. The first-order valence-corrected chi connectivity index (χ1v) is 12.4. The Balaban J connectivity index is 1.63. The zero-order valence-electron chi connectivity index (χ0n) is 22.0. The van der Waals surface area contributed by atoms with Crippen molar-refractivity contribution in [2.75, 3.05) is 24.2 Å². The van der Waals surface area contributed by atoms with E-state index in [1.165, 1.54) is 11.9 Å². The number of fused-ring (bicyclic) bond motifs is 2. The minimum atomic E-state index is -1.33. The fourth-order valence-electron chi connectivity index (χ4n) is 5.23. The van der Waals surface area contributed by atoms with Gasteiger partial charge in [-0.25, -0.2) is 8.78 Å². The second-order valence-corrected chi connectivity index (χ2v) is 11.1. The Morgan fingerprint density at radius 1 is 1.18 bits per heavy atom. The fraction of sp³-hybridized carbons (Fsp3) is 0.393. The average Bonchev–Trinajstić information content (AvgIpc) is 3.41. The molecule has 9 nitrogen and oxygen atoms in total. The van der Waals surface area contributed by atoms with Crippen molar-refractivity contribution in [1.29, 1.82) is 5.26 Å². The van der Waals surface area contributed by atoms with E-state index < -0.39 is 58.0 Å². The number of hydrogen-bond donors (Lipinski definition) is 2. The molecule has 1 saturated heterocycles. The van der Waals surface area contributed by atoms with Crippen LogP contribution in [0.15, 0.2) is 42.5 Å². The first kappa shape index (κ1) is 27.7. The predicted octanol–water partition coefficient (Wildman–Crippen LogP) is 3.18. The highest BCUT2D eigenvalue weighted by Crippen LogP contribution is 2.46. The highest BCUT2D eigenvalue weighted by molar-refractivity contribution is 6.39. The van der Waals surface area contributed by atoms with E-state index in [1.807, 2.05) is 26.1 Å². The molecule has 2 aromatic rings. The van der Waals surface area contributed by atoms with Crippen LogP contribution >= 0.6 is 0 Å². The Morgan fingerprint density at radius 2 is 1.82 bits per heavy atom. The molecule has 0 radical (unpaired) electrons. The zero-order valence-corrected chi connectivity index (χ0v) is 22.0. The van der Waals surface area contributed by atoms with E-state index in [4.69, 9.17) is 0 Å². The van der Waals surface area contributed by atoms with Crippen LogP contribution in [-0.2, 0) is 24.6 Å². The van der Waals surface area contributed by atoms with E-state index in [0.717, 1.165) is 23.1 Å². The van der Waals surface area contributed by atoms with E-state index in [-0.39, 0.29) is 25.3 Å². The summed E-state index contributed by atoms with van der Waals surface area (Å²) >= 11 is 0. The van der Waals surface area contributed by atoms with Gasteiger partial charge in [0.1, 0.15) is 29.4 Å². The second kappa shape index (κ2) is 10.1. The van der Waals surface area contributed by atoms with Gasteiger partial charge in [0, 0.05) is 25.7 Å². The number of likely N-dealkylation sites (N-methyl/N-ethyl adjacent to an activating group) is 1. The van der Waals surface area contributed by atoms with Crippen LogP contribution in [0.1, 0.15) is 39.2 Å². The van der Waals surface area contributed by atoms with Crippen LogP contribution in [0.5, 0.6) is 0 Å². The van der Waals surface area contributed by atoms with Gasteiger partial charge in [0.05, 0.1) is 11.5 Å². The molecule has 0 saturated carbocycles. The Morgan fingerprint density at radius 3 is 2.44 bits per heavy atom. The van der Waals surface area contributed by atoms with Crippen molar-refractivity contribution in [3.8, 4) is 6.07 Å². The number of rotatable bonds is 4. The molecule has 1 fully saturated rings. The standard InChI is InChI=1S/C28H29F2N5O4/c1-27(2,3)13-21(34(4)25(38)23(36)33-22-18(29)9-7-10-19(22)30)24(37)35-15-28(12-16(35)14-31)17-8-5-6-11-20(17)32-26(28)39/h5-11,16,21H,12-13,15H2,1-4H3,(H,32,39)(H,33,36)/t16-,21-,28?/m0/s1. The number of nitriles is 1. The third kappa shape index (κ3) is 5.06. The quantitative estimate of drug-likeness (QED) is 0.580. The predicted molar refractivity (Wildman–Crippen MR) is 138 cm³/mol. The molecule has 1 unspecified atom stereocenters. The monoisotopic (exact) mass is 537 g/mol. The number of amides is 4. The summed E-state index contributed by atoms with van der Waals surface area (Å²) in [6.45, 7) is 5.44. The fourth-order valence-corrected chi connectivity index (χ4v) is 5.23. The van der Waals surface area contributed by atoms with Crippen molar-refractivity contribution in [2.24, 2.45) is 5.41 Å². The van der Waals surface area contributed by atoms with E-state index in [1.54, 1.807) is 24.3 Å². The molecule has 2 aliphatic rings. The molecule has 0 aromatic heterocycles. The minimum absolute atomic E-state index is 0.0744. The average molecular weight is 538 g/mol. The largest absolute Gasteiger partial charge is 0.325 e. The van der Waals surface area contributed by atoms with Gasteiger partial charge in [0.25, 0.3) is 0 Å². The molecule has 2 aromatic carbocycles. The number of nitrogens with one attached hydrogen (secondary N) is 2. The van der Waals surface area contributed by atoms with Gasteiger partial charge in [0.2, 0.25) is 11.8 Å².